The molecule has 2 fully saturated rings. The summed E-state index contributed by atoms with van der Waals surface area (Å²) >= 11 is 0. The maximum Gasteiger partial charge on any atom is 0.416 e. The van der Waals surface area contributed by atoms with E-state index in [1.807, 2.05) is 44.2 Å². The SMILES string of the molecule is COc1ccc(C(C)[C@@H](C)CO)cc1-c1ccc(N2CCC2)nc1CN1C(=O)O[C@H](c2cc(C(F)(F)F)cc(C(F)(F)F)c2)C1C. The zero-order chi connectivity index (χ0) is 33.6. The number of amides is 1. The van der Waals surface area contributed by atoms with Gasteiger partial charge in [0.1, 0.15) is 17.7 Å². The number of hydrogen-bond acceptors (Lipinski definition) is 6. The third kappa shape index (κ3) is 6.60. The molecule has 2 unspecified atom stereocenters. The minimum atomic E-state index is -5.04. The second kappa shape index (κ2) is 12.7. The fraction of sp³-hybridized carbons (Fsp3) is 0.455. The first kappa shape index (κ1) is 33.4. The van der Waals surface area contributed by atoms with Gasteiger partial charge in [-0.1, -0.05) is 19.9 Å². The lowest BCUT2D eigenvalue weighted by atomic mass is 9.87. The average molecular weight is 652 g/mol. The molecular weight excluding hydrogens is 616 g/mol. The van der Waals surface area contributed by atoms with E-state index in [0.29, 0.717) is 40.5 Å². The summed E-state index contributed by atoms with van der Waals surface area (Å²) in [6.45, 7) is 6.90. The molecule has 2 aromatic carbocycles. The topological polar surface area (TPSA) is 75.1 Å². The molecule has 4 atom stereocenters. The van der Waals surface area contributed by atoms with Crippen LogP contribution in [0.1, 0.15) is 67.2 Å². The quantitative estimate of drug-likeness (QED) is 0.238. The third-order valence-electron chi connectivity index (χ3n) is 8.97. The van der Waals surface area contributed by atoms with Crippen molar-refractivity contribution in [3.05, 3.63) is 76.5 Å². The first-order chi connectivity index (χ1) is 21.6. The molecule has 7 nitrogen and oxygen atoms in total. The molecule has 0 bridgehead atoms. The molecule has 3 heterocycles. The standard InChI is InChI=1S/C33H35F6N3O4/c1-18(17-43)19(2)21-6-8-28(45-4)26(14-21)25-7-9-29(41-10-5-11-41)40-27(25)16-42-20(3)30(46-31(42)44)22-12-23(32(34,35)36)15-24(13-22)33(37,38)39/h6-9,12-15,18-20,30,43H,5,10-11,16-17H2,1-4H3/t18-,19?,20?,30-/m0/s1. The number of hydrogen-bond donors (Lipinski definition) is 1. The highest BCUT2D eigenvalue weighted by molar-refractivity contribution is 5.76. The Morgan fingerprint density at radius 2 is 1.63 bits per heavy atom. The molecule has 1 amide bonds. The van der Waals surface area contributed by atoms with Crippen LogP contribution in [0.5, 0.6) is 5.75 Å². The van der Waals surface area contributed by atoms with Gasteiger partial charge in [0.25, 0.3) is 0 Å². The number of anilines is 1. The van der Waals surface area contributed by atoms with Crippen LogP contribution in [-0.2, 0) is 23.6 Å². The lowest BCUT2D eigenvalue weighted by molar-refractivity contribution is -0.143. The van der Waals surface area contributed by atoms with E-state index in [2.05, 4.69) is 4.90 Å². The maximum absolute atomic E-state index is 13.6. The van der Waals surface area contributed by atoms with Gasteiger partial charge >= 0.3 is 18.4 Å². The second-order valence-electron chi connectivity index (χ2n) is 11.9. The van der Waals surface area contributed by atoms with E-state index in [0.717, 1.165) is 25.1 Å². The largest absolute Gasteiger partial charge is 0.496 e. The number of ether oxygens (including phenoxy) is 2. The van der Waals surface area contributed by atoms with Gasteiger partial charge in [-0.05, 0) is 78.8 Å². The van der Waals surface area contributed by atoms with Crippen LogP contribution in [0.15, 0.2) is 48.5 Å². The summed E-state index contributed by atoms with van der Waals surface area (Å²) in [4.78, 5) is 21.4. The molecule has 248 valence electrons. The Hall–Kier alpha value is -4.00. The first-order valence-electron chi connectivity index (χ1n) is 14.9. The second-order valence-corrected chi connectivity index (χ2v) is 11.9. The van der Waals surface area contributed by atoms with Crippen LogP contribution in [0.25, 0.3) is 11.1 Å². The molecule has 0 spiro atoms. The Morgan fingerprint density at radius 3 is 2.17 bits per heavy atom. The van der Waals surface area contributed by atoms with Gasteiger partial charge in [0, 0.05) is 30.8 Å². The lowest BCUT2D eigenvalue weighted by Crippen LogP contribution is -2.38. The Labute approximate surface area is 262 Å². The molecule has 2 aliphatic heterocycles. The zero-order valence-corrected chi connectivity index (χ0v) is 25.7. The van der Waals surface area contributed by atoms with Gasteiger partial charge in [0.2, 0.25) is 0 Å². The smallest absolute Gasteiger partial charge is 0.416 e. The molecule has 5 rings (SSSR count). The Kier molecular flexibility index (Phi) is 9.18. The predicted molar refractivity (Wildman–Crippen MR) is 158 cm³/mol. The number of halogens is 6. The van der Waals surface area contributed by atoms with Gasteiger partial charge in [-0.15, -0.1) is 0 Å². The number of aromatic nitrogens is 1. The van der Waals surface area contributed by atoms with Crippen molar-refractivity contribution in [2.75, 3.05) is 31.7 Å². The van der Waals surface area contributed by atoms with Crippen molar-refractivity contribution in [2.24, 2.45) is 5.92 Å². The maximum atomic E-state index is 13.6. The number of pyridine rings is 1. The molecule has 3 aromatic rings. The van der Waals surface area contributed by atoms with E-state index >= 15 is 0 Å². The van der Waals surface area contributed by atoms with Crippen molar-refractivity contribution in [1.82, 2.24) is 9.88 Å². The highest BCUT2D eigenvalue weighted by atomic mass is 19.4. The van der Waals surface area contributed by atoms with Gasteiger partial charge in [-0.3, -0.25) is 4.90 Å². The van der Waals surface area contributed by atoms with E-state index in [1.165, 1.54) is 18.9 Å². The van der Waals surface area contributed by atoms with E-state index in [1.54, 1.807) is 0 Å². The van der Waals surface area contributed by atoms with E-state index in [-0.39, 0.29) is 31.1 Å². The lowest BCUT2D eigenvalue weighted by Gasteiger charge is -2.33. The van der Waals surface area contributed by atoms with Crippen LogP contribution >= 0.6 is 0 Å². The van der Waals surface area contributed by atoms with Crippen LogP contribution < -0.4 is 9.64 Å². The molecule has 1 aromatic heterocycles. The summed E-state index contributed by atoms with van der Waals surface area (Å²) in [5.74, 6) is 1.17. The first-order valence-corrected chi connectivity index (χ1v) is 14.9. The van der Waals surface area contributed by atoms with E-state index in [4.69, 9.17) is 14.5 Å². The van der Waals surface area contributed by atoms with Crippen molar-refractivity contribution in [3.8, 4) is 16.9 Å². The minimum absolute atomic E-state index is 0.00480. The molecule has 0 radical (unpaired) electrons. The van der Waals surface area contributed by atoms with E-state index in [9.17, 15) is 36.2 Å². The molecule has 2 aliphatic rings. The highest BCUT2D eigenvalue weighted by Gasteiger charge is 2.43. The Bertz CT molecular complexity index is 1560. The number of carbonyl (C=O) groups excluding carboxylic acids is 1. The zero-order valence-electron chi connectivity index (χ0n) is 25.7. The number of aliphatic hydroxyl groups is 1. The van der Waals surface area contributed by atoms with Gasteiger partial charge in [-0.25, -0.2) is 9.78 Å². The van der Waals surface area contributed by atoms with Crippen molar-refractivity contribution in [2.45, 2.75) is 64.2 Å². The average Bonchev–Trinajstić information content (AvgIpc) is 3.26. The number of methoxy groups -OCH3 is 1. The number of alkyl halides is 6. The van der Waals surface area contributed by atoms with Gasteiger partial charge in [0.05, 0.1) is 36.5 Å². The van der Waals surface area contributed by atoms with E-state index < -0.39 is 47.3 Å². The fourth-order valence-electron chi connectivity index (χ4n) is 5.75. The monoisotopic (exact) mass is 651 g/mol. The molecule has 0 aliphatic carbocycles. The molecule has 0 saturated carbocycles. The van der Waals surface area contributed by atoms with Crippen LogP contribution in [-0.4, -0.2) is 53.9 Å². The molecule has 46 heavy (non-hydrogen) atoms. The van der Waals surface area contributed by atoms with Crippen molar-refractivity contribution in [1.29, 1.82) is 0 Å². The van der Waals surface area contributed by atoms with Gasteiger partial charge in [-0.2, -0.15) is 26.3 Å². The number of cyclic esters (lactones) is 1. The molecular formula is C33H35F6N3O4. The molecule has 1 N–H and O–H groups in total. The van der Waals surface area contributed by atoms with Crippen LogP contribution in [0.2, 0.25) is 0 Å². The number of nitrogens with zero attached hydrogens (tertiary/aromatic N) is 3. The Morgan fingerprint density at radius 1 is 0.978 bits per heavy atom. The normalized spacial score (nSPS) is 19.9. The number of carbonyl (C=O) groups is 1. The van der Waals surface area contributed by atoms with Crippen molar-refractivity contribution < 1.29 is 45.7 Å². The molecule has 2 saturated heterocycles. The van der Waals surface area contributed by atoms with Crippen LogP contribution in [0.3, 0.4) is 0 Å². The minimum Gasteiger partial charge on any atom is -0.496 e. The summed E-state index contributed by atoms with van der Waals surface area (Å²) in [5.41, 5.74) is -0.674. The van der Waals surface area contributed by atoms with Crippen molar-refractivity contribution >= 4 is 11.9 Å². The number of benzene rings is 2. The number of rotatable bonds is 9. The van der Waals surface area contributed by atoms with Crippen LogP contribution in [0.4, 0.5) is 37.0 Å². The van der Waals surface area contributed by atoms with Gasteiger partial charge < -0.3 is 19.5 Å². The summed E-state index contributed by atoms with van der Waals surface area (Å²) < 4.78 is 92.6. The predicted octanol–water partition coefficient (Wildman–Crippen LogP) is 7.82. The summed E-state index contributed by atoms with van der Waals surface area (Å²) in [5, 5.41) is 9.73. The summed E-state index contributed by atoms with van der Waals surface area (Å²) in [6, 6.07) is 9.68. The fourth-order valence-corrected chi connectivity index (χ4v) is 5.75. The Balaban J connectivity index is 1.55. The van der Waals surface area contributed by atoms with Gasteiger partial charge in [0.15, 0.2) is 0 Å². The molecule has 13 heteroatoms. The van der Waals surface area contributed by atoms with Crippen molar-refractivity contribution in [3.63, 3.8) is 0 Å². The number of aliphatic hydroxyl groups excluding tert-OH is 1. The van der Waals surface area contributed by atoms with Crippen LogP contribution in [0, 0.1) is 5.92 Å². The highest BCUT2D eigenvalue weighted by Crippen LogP contribution is 2.42. The third-order valence-corrected chi connectivity index (χ3v) is 8.97. The summed E-state index contributed by atoms with van der Waals surface area (Å²) in [7, 11) is 1.52. The summed E-state index contributed by atoms with van der Waals surface area (Å²) in [6.07, 6.45) is -11.4.